The molecule has 5 heteroatoms. The molecule has 2 unspecified atom stereocenters. The maximum atomic E-state index is 5.96. The molecule has 0 bridgehead atoms. The van der Waals surface area contributed by atoms with Crippen LogP contribution in [0.5, 0.6) is 0 Å². The third-order valence-electron chi connectivity index (χ3n) is 2.40. The van der Waals surface area contributed by atoms with Crippen LogP contribution in [-0.2, 0) is 0 Å². The Morgan fingerprint density at radius 2 is 2.29 bits per heavy atom. The number of hydrogen-bond donors (Lipinski definition) is 2. The Labute approximate surface area is 88.1 Å². The van der Waals surface area contributed by atoms with Crippen molar-refractivity contribution in [1.82, 2.24) is 9.97 Å². The second-order valence-electron chi connectivity index (χ2n) is 3.60. The average Bonchev–Trinajstić information content (AvgIpc) is 2.86. The molecule has 0 saturated heterocycles. The van der Waals surface area contributed by atoms with Crippen molar-refractivity contribution in [2.24, 2.45) is 5.92 Å². The fraction of sp³-hybridized carbons (Fsp3) is 0.556. The molecule has 2 rings (SSSR count). The summed E-state index contributed by atoms with van der Waals surface area (Å²) in [5.41, 5.74) is 0. The van der Waals surface area contributed by atoms with E-state index in [1.165, 1.54) is 6.42 Å². The van der Waals surface area contributed by atoms with E-state index in [0.29, 0.717) is 17.0 Å². The van der Waals surface area contributed by atoms with Crippen molar-refractivity contribution in [2.75, 3.05) is 17.7 Å². The van der Waals surface area contributed by atoms with E-state index in [-0.39, 0.29) is 0 Å². The summed E-state index contributed by atoms with van der Waals surface area (Å²) in [4.78, 5) is 8.25. The maximum Gasteiger partial charge on any atom is 0.224 e. The Bertz CT molecular complexity index is 342. The Hall–Kier alpha value is -1.03. The van der Waals surface area contributed by atoms with Gasteiger partial charge in [0.25, 0.3) is 0 Å². The summed E-state index contributed by atoms with van der Waals surface area (Å²) in [5.74, 6) is 2.03. The molecular weight excluding hydrogens is 200 g/mol. The summed E-state index contributed by atoms with van der Waals surface area (Å²) in [5, 5.41) is 6.74. The van der Waals surface area contributed by atoms with Gasteiger partial charge in [-0.1, -0.05) is 18.5 Å². The van der Waals surface area contributed by atoms with Crippen molar-refractivity contribution in [3.63, 3.8) is 0 Å². The van der Waals surface area contributed by atoms with Gasteiger partial charge in [-0.2, -0.15) is 4.98 Å². The fourth-order valence-electron chi connectivity index (χ4n) is 1.29. The topological polar surface area (TPSA) is 49.8 Å². The molecule has 1 aliphatic rings. The highest BCUT2D eigenvalue weighted by molar-refractivity contribution is 6.32. The second-order valence-corrected chi connectivity index (χ2v) is 4.01. The Balaban J connectivity index is 2.14. The van der Waals surface area contributed by atoms with Crippen LogP contribution < -0.4 is 10.6 Å². The van der Waals surface area contributed by atoms with Crippen molar-refractivity contribution in [2.45, 2.75) is 19.4 Å². The lowest BCUT2D eigenvalue weighted by Crippen LogP contribution is -2.08. The largest absolute Gasteiger partial charge is 0.366 e. The first-order valence-corrected chi connectivity index (χ1v) is 5.05. The van der Waals surface area contributed by atoms with Crippen LogP contribution in [0.2, 0.25) is 5.02 Å². The molecule has 2 atom stereocenters. The molecular formula is C9H13ClN4. The van der Waals surface area contributed by atoms with Gasteiger partial charge in [0.2, 0.25) is 5.95 Å². The number of nitrogens with one attached hydrogen (secondary N) is 2. The van der Waals surface area contributed by atoms with E-state index in [2.05, 4.69) is 27.5 Å². The number of rotatable bonds is 3. The van der Waals surface area contributed by atoms with Gasteiger partial charge in [-0.05, 0) is 12.3 Å². The molecule has 0 spiro atoms. The number of aromatic nitrogens is 2. The van der Waals surface area contributed by atoms with Gasteiger partial charge in [-0.3, -0.25) is 0 Å². The highest BCUT2D eigenvalue weighted by atomic mass is 35.5. The zero-order valence-corrected chi connectivity index (χ0v) is 8.97. The molecule has 0 aliphatic heterocycles. The predicted octanol–water partition coefficient (Wildman–Crippen LogP) is 1.99. The van der Waals surface area contributed by atoms with Gasteiger partial charge >= 0.3 is 0 Å². The summed E-state index contributed by atoms with van der Waals surface area (Å²) in [7, 11) is 1.78. The lowest BCUT2D eigenvalue weighted by Gasteiger charge is -2.07. The monoisotopic (exact) mass is 212 g/mol. The SMILES string of the molecule is CNc1ncc(Cl)c(NC2CC2C)n1. The first kappa shape index (κ1) is 9.52. The van der Waals surface area contributed by atoms with Crippen LogP contribution in [0, 0.1) is 5.92 Å². The number of hydrogen-bond acceptors (Lipinski definition) is 4. The highest BCUT2D eigenvalue weighted by Gasteiger charge is 2.33. The second kappa shape index (κ2) is 3.61. The van der Waals surface area contributed by atoms with E-state index in [0.717, 1.165) is 11.7 Å². The van der Waals surface area contributed by atoms with E-state index in [1.54, 1.807) is 13.2 Å². The van der Waals surface area contributed by atoms with Crippen LogP contribution in [0.15, 0.2) is 6.20 Å². The molecule has 1 heterocycles. The van der Waals surface area contributed by atoms with Gasteiger partial charge in [0, 0.05) is 13.1 Å². The van der Waals surface area contributed by atoms with Crippen molar-refractivity contribution >= 4 is 23.4 Å². The van der Waals surface area contributed by atoms with Gasteiger partial charge < -0.3 is 10.6 Å². The van der Waals surface area contributed by atoms with Crippen molar-refractivity contribution in [3.8, 4) is 0 Å². The molecule has 76 valence electrons. The molecule has 1 saturated carbocycles. The number of halogens is 1. The van der Waals surface area contributed by atoms with Gasteiger partial charge in [-0.25, -0.2) is 4.98 Å². The summed E-state index contributed by atoms with van der Waals surface area (Å²) < 4.78 is 0. The molecule has 14 heavy (non-hydrogen) atoms. The van der Waals surface area contributed by atoms with Gasteiger partial charge in [0.05, 0.1) is 6.20 Å². The van der Waals surface area contributed by atoms with E-state index >= 15 is 0 Å². The number of anilines is 2. The zero-order chi connectivity index (χ0) is 10.1. The minimum atomic E-state index is 0.520. The van der Waals surface area contributed by atoms with Crippen LogP contribution >= 0.6 is 11.6 Å². The van der Waals surface area contributed by atoms with Crippen LogP contribution in [0.25, 0.3) is 0 Å². The standard InChI is InChI=1S/C9H13ClN4/c1-5-3-7(5)13-8-6(10)4-12-9(11-2)14-8/h4-5,7H,3H2,1-2H3,(H2,11,12,13,14). The van der Waals surface area contributed by atoms with E-state index in [4.69, 9.17) is 11.6 Å². The van der Waals surface area contributed by atoms with Crippen molar-refractivity contribution in [1.29, 1.82) is 0 Å². The third kappa shape index (κ3) is 1.90. The fourth-order valence-corrected chi connectivity index (χ4v) is 1.43. The van der Waals surface area contributed by atoms with E-state index in [9.17, 15) is 0 Å². The van der Waals surface area contributed by atoms with Crippen molar-refractivity contribution < 1.29 is 0 Å². The summed E-state index contributed by atoms with van der Waals surface area (Å²) >= 11 is 5.96. The first-order chi connectivity index (χ1) is 6.70. The van der Waals surface area contributed by atoms with E-state index < -0.39 is 0 Å². The summed E-state index contributed by atoms with van der Waals surface area (Å²) in [6.45, 7) is 2.20. The summed E-state index contributed by atoms with van der Waals surface area (Å²) in [6.07, 6.45) is 2.80. The Morgan fingerprint density at radius 1 is 1.57 bits per heavy atom. The Morgan fingerprint density at radius 3 is 2.86 bits per heavy atom. The Kier molecular flexibility index (Phi) is 2.46. The zero-order valence-electron chi connectivity index (χ0n) is 8.21. The predicted molar refractivity (Wildman–Crippen MR) is 57.8 cm³/mol. The molecule has 0 radical (unpaired) electrons. The number of nitrogens with zero attached hydrogens (tertiary/aromatic N) is 2. The quantitative estimate of drug-likeness (QED) is 0.805. The minimum absolute atomic E-state index is 0.520. The van der Waals surface area contributed by atoms with Crippen molar-refractivity contribution in [3.05, 3.63) is 11.2 Å². The molecule has 1 fully saturated rings. The third-order valence-corrected chi connectivity index (χ3v) is 2.68. The van der Waals surface area contributed by atoms with Crippen LogP contribution in [-0.4, -0.2) is 23.1 Å². The summed E-state index contributed by atoms with van der Waals surface area (Å²) in [6, 6.07) is 0.520. The average molecular weight is 213 g/mol. The molecule has 2 N–H and O–H groups in total. The van der Waals surface area contributed by atoms with Gasteiger partial charge in [0.1, 0.15) is 5.02 Å². The maximum absolute atomic E-state index is 5.96. The first-order valence-electron chi connectivity index (χ1n) is 4.67. The van der Waals surface area contributed by atoms with E-state index in [1.807, 2.05) is 0 Å². The lowest BCUT2D eigenvalue weighted by atomic mass is 10.4. The highest BCUT2D eigenvalue weighted by Crippen LogP contribution is 2.34. The molecule has 1 aliphatic carbocycles. The van der Waals surface area contributed by atoms with Crippen LogP contribution in [0.1, 0.15) is 13.3 Å². The molecule has 0 aromatic carbocycles. The normalized spacial score (nSPS) is 24.5. The van der Waals surface area contributed by atoms with Crippen LogP contribution in [0.3, 0.4) is 0 Å². The molecule has 1 aromatic heterocycles. The van der Waals surface area contributed by atoms with Gasteiger partial charge in [-0.15, -0.1) is 0 Å². The molecule has 4 nitrogen and oxygen atoms in total. The van der Waals surface area contributed by atoms with Crippen LogP contribution in [0.4, 0.5) is 11.8 Å². The lowest BCUT2D eigenvalue weighted by molar-refractivity contribution is 0.922. The minimum Gasteiger partial charge on any atom is -0.366 e. The smallest absolute Gasteiger partial charge is 0.224 e. The molecule has 1 aromatic rings. The molecule has 0 amide bonds. The van der Waals surface area contributed by atoms with Gasteiger partial charge in [0.15, 0.2) is 5.82 Å².